The third-order valence-corrected chi connectivity index (χ3v) is 1.64. The van der Waals surface area contributed by atoms with Gasteiger partial charge in [0.2, 0.25) is 0 Å². The van der Waals surface area contributed by atoms with Gasteiger partial charge in [-0.1, -0.05) is 56.2 Å². The summed E-state index contributed by atoms with van der Waals surface area (Å²) in [5, 5.41) is 0. The Morgan fingerprint density at radius 2 is 1.62 bits per heavy atom. The van der Waals surface area contributed by atoms with Crippen molar-refractivity contribution in [1.29, 1.82) is 0 Å². The fourth-order valence-electron chi connectivity index (χ4n) is 0.926. The van der Waals surface area contributed by atoms with Gasteiger partial charge >= 0.3 is 0 Å². The molecule has 0 bridgehead atoms. The highest BCUT2D eigenvalue weighted by molar-refractivity contribution is 5.85. The van der Waals surface area contributed by atoms with Crippen molar-refractivity contribution in [2.24, 2.45) is 0 Å². The van der Waals surface area contributed by atoms with Gasteiger partial charge in [0.25, 0.3) is 0 Å². The first-order chi connectivity index (χ1) is 5.91. The molecular weight excluding hydrogens is 180 g/mol. The van der Waals surface area contributed by atoms with E-state index in [1.165, 1.54) is 25.7 Å². The molecule has 0 fully saturated rings. The van der Waals surface area contributed by atoms with Gasteiger partial charge < -0.3 is 0 Å². The van der Waals surface area contributed by atoms with Gasteiger partial charge in [0.1, 0.15) is 0 Å². The number of unbranched alkanes of at least 4 members (excludes halogenated alkanes) is 3. The highest BCUT2D eigenvalue weighted by Gasteiger charge is 1.79. The van der Waals surface area contributed by atoms with E-state index in [-0.39, 0.29) is 12.4 Å². The zero-order chi connectivity index (χ0) is 9.07. The van der Waals surface area contributed by atoms with Gasteiger partial charge in [0, 0.05) is 0 Å². The van der Waals surface area contributed by atoms with Crippen LogP contribution in [0.25, 0.3) is 0 Å². The van der Waals surface area contributed by atoms with Crippen molar-refractivity contribution in [3.05, 3.63) is 36.5 Å². The second kappa shape index (κ2) is 14.1. The highest BCUT2D eigenvalue weighted by atomic mass is 35.5. The fourth-order valence-corrected chi connectivity index (χ4v) is 0.926. The number of hydrogen-bond donors (Lipinski definition) is 0. The minimum atomic E-state index is 0. The van der Waals surface area contributed by atoms with Crippen LogP contribution in [0.15, 0.2) is 36.5 Å². The minimum Gasteiger partial charge on any atom is -0.147 e. The average Bonchev–Trinajstić information content (AvgIpc) is 2.10. The van der Waals surface area contributed by atoms with E-state index >= 15 is 0 Å². The Kier molecular flexibility index (Phi) is 16.2. The molecule has 0 aromatic carbocycles. The molecule has 0 aliphatic carbocycles. The van der Waals surface area contributed by atoms with Crippen LogP contribution >= 0.6 is 12.4 Å². The van der Waals surface area contributed by atoms with Crippen LogP contribution in [0.4, 0.5) is 0 Å². The molecule has 0 amide bonds. The summed E-state index contributed by atoms with van der Waals surface area (Å²) in [6, 6.07) is 0. The highest BCUT2D eigenvalue weighted by Crippen LogP contribution is 1.99. The largest absolute Gasteiger partial charge is 0.147 e. The third-order valence-electron chi connectivity index (χ3n) is 1.64. The predicted molar refractivity (Wildman–Crippen MR) is 64.5 cm³/mol. The molecule has 0 unspecified atom stereocenters. The Bertz CT molecular complexity index is 155. The zero-order valence-corrected chi connectivity index (χ0v) is 9.52. The minimum absolute atomic E-state index is 0. The van der Waals surface area contributed by atoms with Gasteiger partial charge in [-0.3, -0.25) is 0 Å². The lowest BCUT2D eigenvalue weighted by atomic mass is 10.2. The van der Waals surface area contributed by atoms with Crippen LogP contribution < -0.4 is 0 Å². The van der Waals surface area contributed by atoms with Crippen LogP contribution in [0.2, 0.25) is 0 Å². The van der Waals surface area contributed by atoms with Gasteiger partial charge in [0.05, 0.1) is 0 Å². The van der Waals surface area contributed by atoms with E-state index in [0.717, 1.165) is 0 Å². The SMILES string of the molecule is CC=CC=CC=CCCCCC.Cl. The Morgan fingerprint density at radius 1 is 0.923 bits per heavy atom. The van der Waals surface area contributed by atoms with Gasteiger partial charge in [-0.25, -0.2) is 0 Å². The van der Waals surface area contributed by atoms with Crippen molar-refractivity contribution in [2.45, 2.75) is 39.5 Å². The lowest BCUT2D eigenvalue weighted by Gasteiger charge is -1.89. The summed E-state index contributed by atoms with van der Waals surface area (Å²) >= 11 is 0. The second-order valence-corrected chi connectivity index (χ2v) is 2.83. The molecular formula is C12H21Cl. The summed E-state index contributed by atoms with van der Waals surface area (Å²) in [6.07, 6.45) is 17.7. The third kappa shape index (κ3) is 14.4. The fraction of sp³-hybridized carbons (Fsp3) is 0.500. The van der Waals surface area contributed by atoms with Crippen LogP contribution in [0, 0.1) is 0 Å². The molecule has 76 valence electrons. The van der Waals surface area contributed by atoms with E-state index in [2.05, 4.69) is 31.2 Å². The Labute approximate surface area is 88.8 Å². The topological polar surface area (TPSA) is 0 Å². The van der Waals surface area contributed by atoms with Crippen molar-refractivity contribution < 1.29 is 0 Å². The molecule has 0 aromatic heterocycles. The first-order valence-electron chi connectivity index (χ1n) is 4.86. The zero-order valence-electron chi connectivity index (χ0n) is 8.70. The normalized spacial score (nSPS) is 11.5. The van der Waals surface area contributed by atoms with E-state index in [4.69, 9.17) is 0 Å². The molecule has 0 rings (SSSR count). The van der Waals surface area contributed by atoms with Crippen LogP contribution in [-0.2, 0) is 0 Å². The van der Waals surface area contributed by atoms with Crippen molar-refractivity contribution in [1.82, 2.24) is 0 Å². The Balaban J connectivity index is 0. The van der Waals surface area contributed by atoms with E-state index < -0.39 is 0 Å². The number of allylic oxidation sites excluding steroid dienone is 6. The molecule has 0 atom stereocenters. The summed E-state index contributed by atoms with van der Waals surface area (Å²) in [5.41, 5.74) is 0. The van der Waals surface area contributed by atoms with Crippen LogP contribution in [0.1, 0.15) is 39.5 Å². The van der Waals surface area contributed by atoms with Gasteiger partial charge in [-0.2, -0.15) is 0 Å². The quantitative estimate of drug-likeness (QED) is 0.432. The summed E-state index contributed by atoms with van der Waals surface area (Å²) in [7, 11) is 0. The molecule has 13 heavy (non-hydrogen) atoms. The number of rotatable bonds is 6. The summed E-state index contributed by atoms with van der Waals surface area (Å²) < 4.78 is 0. The summed E-state index contributed by atoms with van der Waals surface area (Å²) in [4.78, 5) is 0. The smallest absolute Gasteiger partial charge is 0.0348 e. The molecule has 0 N–H and O–H groups in total. The lowest BCUT2D eigenvalue weighted by Crippen LogP contribution is -1.69. The summed E-state index contributed by atoms with van der Waals surface area (Å²) in [5.74, 6) is 0. The molecule has 0 aliphatic heterocycles. The lowest BCUT2D eigenvalue weighted by molar-refractivity contribution is 0.729. The summed E-state index contributed by atoms with van der Waals surface area (Å²) in [6.45, 7) is 4.25. The molecule has 0 aromatic rings. The second-order valence-electron chi connectivity index (χ2n) is 2.83. The molecule has 0 saturated carbocycles. The number of halogens is 1. The van der Waals surface area contributed by atoms with E-state index in [0.29, 0.717) is 0 Å². The maximum Gasteiger partial charge on any atom is -0.0348 e. The van der Waals surface area contributed by atoms with Gasteiger partial charge in [-0.15, -0.1) is 12.4 Å². The van der Waals surface area contributed by atoms with E-state index in [1.807, 2.05) is 19.1 Å². The molecule has 0 spiro atoms. The van der Waals surface area contributed by atoms with Crippen LogP contribution in [0.5, 0.6) is 0 Å². The Hall–Kier alpha value is -0.490. The standard InChI is InChI=1S/C12H20.ClH/c1-3-5-7-9-11-12-10-8-6-4-2;/h3,5,7,9,11-12H,4,6,8,10H2,1-2H3;1H. The van der Waals surface area contributed by atoms with Crippen molar-refractivity contribution in [3.8, 4) is 0 Å². The van der Waals surface area contributed by atoms with Gasteiger partial charge in [-0.05, 0) is 19.8 Å². The van der Waals surface area contributed by atoms with Crippen LogP contribution in [-0.4, -0.2) is 0 Å². The molecule has 0 radical (unpaired) electrons. The maximum atomic E-state index is 2.23. The molecule has 0 nitrogen and oxygen atoms in total. The predicted octanol–water partition coefficient (Wildman–Crippen LogP) is 4.68. The maximum absolute atomic E-state index is 2.23. The molecule has 1 heteroatoms. The van der Waals surface area contributed by atoms with Crippen molar-refractivity contribution in [2.75, 3.05) is 0 Å². The van der Waals surface area contributed by atoms with E-state index in [1.54, 1.807) is 0 Å². The van der Waals surface area contributed by atoms with Gasteiger partial charge in [0.15, 0.2) is 0 Å². The number of hydrogen-bond acceptors (Lipinski definition) is 0. The molecule has 0 heterocycles. The first kappa shape index (κ1) is 15.0. The van der Waals surface area contributed by atoms with Crippen LogP contribution in [0.3, 0.4) is 0 Å². The Morgan fingerprint density at radius 3 is 2.23 bits per heavy atom. The molecule has 0 saturated heterocycles. The monoisotopic (exact) mass is 200 g/mol. The average molecular weight is 201 g/mol. The van der Waals surface area contributed by atoms with E-state index in [9.17, 15) is 0 Å². The van der Waals surface area contributed by atoms with Crippen molar-refractivity contribution >= 4 is 12.4 Å². The first-order valence-corrected chi connectivity index (χ1v) is 4.86. The van der Waals surface area contributed by atoms with Crippen molar-refractivity contribution in [3.63, 3.8) is 0 Å². The molecule has 0 aliphatic rings.